The molecule has 1 aliphatic rings. The molecule has 4 rings (SSSR count). The van der Waals surface area contributed by atoms with Gasteiger partial charge in [0.1, 0.15) is 5.82 Å². The fraction of sp³-hybridized carbons (Fsp3) is 0.464. The van der Waals surface area contributed by atoms with E-state index in [2.05, 4.69) is 26.0 Å². The first-order valence-electron chi connectivity index (χ1n) is 13.5. The van der Waals surface area contributed by atoms with Crippen molar-refractivity contribution in [2.45, 2.75) is 50.6 Å². The molecule has 1 aliphatic heterocycles. The van der Waals surface area contributed by atoms with Gasteiger partial charge >= 0.3 is 12.4 Å². The Balaban J connectivity index is 1.31. The zero-order chi connectivity index (χ0) is 29.4. The number of nitrogens with one attached hydrogen (secondary N) is 2. The highest BCUT2D eigenvalue weighted by Crippen LogP contribution is 2.31. The number of methoxy groups -OCH3 is 1. The molecule has 0 spiro atoms. The predicted molar refractivity (Wildman–Crippen MR) is 148 cm³/mol. The predicted octanol–water partition coefficient (Wildman–Crippen LogP) is 4.22. The van der Waals surface area contributed by atoms with Crippen LogP contribution in [-0.2, 0) is 16.1 Å². The fourth-order valence-corrected chi connectivity index (χ4v) is 5.02. The van der Waals surface area contributed by atoms with Crippen LogP contribution in [-0.4, -0.2) is 72.1 Å². The molecule has 2 atom stereocenters. The smallest absolute Gasteiger partial charge is 0.404 e. The minimum atomic E-state index is -4.90. The van der Waals surface area contributed by atoms with Crippen molar-refractivity contribution in [3.8, 4) is 5.75 Å². The second-order valence-corrected chi connectivity index (χ2v) is 9.98. The number of amides is 3. The first kappa shape index (κ1) is 30.1. The van der Waals surface area contributed by atoms with Gasteiger partial charge in [-0.25, -0.2) is 9.78 Å². The van der Waals surface area contributed by atoms with Gasteiger partial charge in [-0.05, 0) is 43.5 Å². The Bertz CT molecular complexity index is 1330. The van der Waals surface area contributed by atoms with Crippen molar-refractivity contribution in [2.75, 3.05) is 38.7 Å². The highest BCUT2D eigenvalue weighted by Gasteiger charge is 2.32. The number of alkyl halides is 3. The molecule has 0 bridgehead atoms. The number of nitrogens with two attached hydrogens (primary N) is 1. The Labute approximate surface area is 236 Å². The zero-order valence-electron chi connectivity index (χ0n) is 22.8. The van der Waals surface area contributed by atoms with Crippen molar-refractivity contribution < 1.29 is 32.2 Å². The maximum atomic E-state index is 13.1. The lowest BCUT2D eigenvalue weighted by Crippen LogP contribution is -2.45. The summed E-state index contributed by atoms with van der Waals surface area (Å²) in [5.41, 5.74) is 7.96. The summed E-state index contributed by atoms with van der Waals surface area (Å²) < 4.78 is 49.3. The van der Waals surface area contributed by atoms with E-state index in [-0.39, 0.29) is 30.5 Å². The van der Waals surface area contributed by atoms with Crippen LogP contribution in [0.4, 0.5) is 23.7 Å². The molecule has 0 aliphatic carbocycles. The van der Waals surface area contributed by atoms with Gasteiger partial charge in [0.25, 0.3) is 0 Å². The number of halogens is 3. The lowest BCUT2D eigenvalue weighted by molar-refractivity contribution is -0.274. The molecule has 3 amide bonds. The maximum Gasteiger partial charge on any atom is 0.573 e. The van der Waals surface area contributed by atoms with Crippen LogP contribution in [0, 0.1) is 0 Å². The Morgan fingerprint density at radius 2 is 1.93 bits per heavy atom. The summed E-state index contributed by atoms with van der Waals surface area (Å²) in [5.74, 6) is 0.357. The molecule has 3 aromatic rings. The molecule has 2 aromatic carbocycles. The molecule has 1 aromatic heterocycles. The molecule has 13 heteroatoms. The monoisotopic (exact) mass is 576 g/mol. The second-order valence-electron chi connectivity index (χ2n) is 9.98. The Morgan fingerprint density at radius 1 is 1.17 bits per heavy atom. The van der Waals surface area contributed by atoms with Gasteiger partial charge in [-0.2, -0.15) is 0 Å². The van der Waals surface area contributed by atoms with E-state index in [0.717, 1.165) is 48.7 Å². The van der Waals surface area contributed by atoms with Crippen molar-refractivity contribution in [2.24, 2.45) is 5.73 Å². The number of carbonyl (C=O) groups is 2. The normalized spacial score (nSPS) is 16.4. The number of imidazole rings is 1. The first-order chi connectivity index (χ1) is 19.6. The molecule has 4 N–H and O–H groups in total. The lowest BCUT2D eigenvalue weighted by atomic mass is 9.96. The molecule has 1 saturated heterocycles. The number of carbonyl (C=O) groups excluding carboxylic acids is 2. The van der Waals surface area contributed by atoms with Gasteiger partial charge in [-0.1, -0.05) is 24.3 Å². The second kappa shape index (κ2) is 13.7. The molecule has 0 saturated carbocycles. The topological polar surface area (TPSA) is 124 Å². The highest BCUT2D eigenvalue weighted by molar-refractivity contribution is 5.91. The van der Waals surface area contributed by atoms with Gasteiger partial charge < -0.3 is 35.3 Å². The summed E-state index contributed by atoms with van der Waals surface area (Å²) in [7, 11) is 1.68. The maximum absolute atomic E-state index is 13.1. The Morgan fingerprint density at radius 3 is 2.71 bits per heavy atom. The number of aromatic nitrogens is 2. The molecular weight excluding hydrogens is 541 g/mol. The number of hydrogen-bond acceptors (Lipinski definition) is 6. The van der Waals surface area contributed by atoms with E-state index in [1.165, 1.54) is 18.2 Å². The van der Waals surface area contributed by atoms with Crippen molar-refractivity contribution in [1.29, 1.82) is 0 Å². The standard InChI is InChI=1S/C28H35F3N6O4/c1-40-15-7-14-37-23-11-4-2-9-21(23)34-26(37)19-8-6-13-36(18-19)25(38)16-20(32)17-33-27(39)35-22-10-3-5-12-24(22)41-28(29,30)31/h2-5,9-12,19-20H,6-8,13-18,32H2,1H3,(H2,33,35,39)/t19-,20+/m1/s1. The average Bonchev–Trinajstić information content (AvgIpc) is 3.31. The number of likely N-dealkylation sites (tertiary alicyclic amines) is 1. The van der Waals surface area contributed by atoms with E-state index >= 15 is 0 Å². The average molecular weight is 577 g/mol. The number of rotatable bonds is 11. The number of benzene rings is 2. The van der Waals surface area contributed by atoms with E-state index in [4.69, 9.17) is 15.5 Å². The molecule has 0 unspecified atom stereocenters. The van der Waals surface area contributed by atoms with Gasteiger partial charge in [0, 0.05) is 58.3 Å². The third kappa shape index (κ3) is 8.33. The Kier molecular flexibility index (Phi) is 10.1. The van der Waals surface area contributed by atoms with Crippen LogP contribution in [0.5, 0.6) is 5.75 Å². The SMILES string of the molecule is COCCCn1c([C@@H]2CCCN(C(=O)C[C@H](N)CNC(=O)Nc3ccccc3OC(F)(F)F)C2)nc2ccccc21. The van der Waals surface area contributed by atoms with Gasteiger partial charge in [-0.3, -0.25) is 4.79 Å². The van der Waals surface area contributed by atoms with Crippen molar-refractivity contribution in [3.63, 3.8) is 0 Å². The molecule has 222 valence electrons. The number of fused-ring (bicyclic) bond motifs is 1. The van der Waals surface area contributed by atoms with E-state index in [9.17, 15) is 22.8 Å². The van der Waals surface area contributed by atoms with E-state index in [1.807, 2.05) is 18.2 Å². The van der Waals surface area contributed by atoms with Gasteiger partial charge in [0.05, 0.1) is 16.7 Å². The summed E-state index contributed by atoms with van der Waals surface area (Å²) in [6, 6.07) is 11.7. The summed E-state index contributed by atoms with van der Waals surface area (Å²) >= 11 is 0. The number of anilines is 1. The number of para-hydroxylation sites is 4. The number of aryl methyl sites for hydroxylation is 1. The molecule has 10 nitrogen and oxygen atoms in total. The van der Waals surface area contributed by atoms with Crippen molar-refractivity contribution in [3.05, 3.63) is 54.4 Å². The number of nitrogens with zero attached hydrogens (tertiary/aromatic N) is 3. The molecule has 41 heavy (non-hydrogen) atoms. The number of urea groups is 1. The van der Waals surface area contributed by atoms with Crippen molar-refractivity contribution in [1.82, 2.24) is 19.8 Å². The van der Waals surface area contributed by atoms with Gasteiger partial charge in [0.15, 0.2) is 5.75 Å². The van der Waals surface area contributed by atoms with Crippen LogP contribution in [0.25, 0.3) is 11.0 Å². The third-order valence-electron chi connectivity index (χ3n) is 6.88. The Hall–Kier alpha value is -3.84. The summed E-state index contributed by atoms with van der Waals surface area (Å²) in [4.78, 5) is 32.1. The fourth-order valence-electron chi connectivity index (χ4n) is 5.02. The first-order valence-corrected chi connectivity index (χ1v) is 13.5. The molecule has 1 fully saturated rings. The summed E-state index contributed by atoms with van der Waals surface area (Å²) in [6.45, 7) is 2.48. The van der Waals surface area contributed by atoms with Crippen LogP contribution in [0.1, 0.15) is 37.4 Å². The van der Waals surface area contributed by atoms with E-state index in [1.54, 1.807) is 12.0 Å². The lowest BCUT2D eigenvalue weighted by Gasteiger charge is -2.33. The number of hydrogen-bond donors (Lipinski definition) is 3. The minimum Gasteiger partial charge on any atom is -0.404 e. The van der Waals surface area contributed by atoms with Gasteiger partial charge in [0.2, 0.25) is 5.91 Å². The largest absolute Gasteiger partial charge is 0.573 e. The molecule has 2 heterocycles. The summed E-state index contributed by atoms with van der Waals surface area (Å²) in [5, 5.41) is 4.82. The minimum absolute atomic E-state index is 0.00499. The van der Waals surface area contributed by atoms with E-state index in [0.29, 0.717) is 19.7 Å². The van der Waals surface area contributed by atoms with Crippen LogP contribution < -0.4 is 21.1 Å². The van der Waals surface area contributed by atoms with Crippen molar-refractivity contribution >= 4 is 28.7 Å². The number of ether oxygens (including phenoxy) is 2. The van der Waals surface area contributed by atoms with Gasteiger partial charge in [-0.15, -0.1) is 13.2 Å². The highest BCUT2D eigenvalue weighted by atomic mass is 19.4. The molecule has 0 radical (unpaired) electrons. The quantitative estimate of drug-likeness (QED) is 0.294. The summed E-state index contributed by atoms with van der Waals surface area (Å²) in [6.07, 6.45) is -2.32. The van der Waals surface area contributed by atoms with Crippen LogP contribution in [0.3, 0.4) is 0 Å². The third-order valence-corrected chi connectivity index (χ3v) is 6.88. The van der Waals surface area contributed by atoms with Crippen LogP contribution >= 0.6 is 0 Å². The zero-order valence-corrected chi connectivity index (χ0v) is 22.8. The van der Waals surface area contributed by atoms with Crippen LogP contribution in [0.15, 0.2) is 48.5 Å². The molecular formula is C28H35F3N6O4. The van der Waals surface area contributed by atoms with E-state index < -0.39 is 24.2 Å². The van der Waals surface area contributed by atoms with Crippen LogP contribution in [0.2, 0.25) is 0 Å². The number of piperidine rings is 1.